The van der Waals surface area contributed by atoms with Gasteiger partial charge in [-0.25, -0.2) is 14.5 Å². The molecular formula is C21H16FN5O4. The van der Waals surface area contributed by atoms with Crippen LogP contribution in [0.4, 0.5) is 4.39 Å². The summed E-state index contributed by atoms with van der Waals surface area (Å²) in [5.74, 6) is -1.09. The molecule has 0 atom stereocenters. The van der Waals surface area contributed by atoms with Gasteiger partial charge in [-0.2, -0.15) is 5.10 Å². The van der Waals surface area contributed by atoms with E-state index in [2.05, 4.69) is 26.0 Å². The van der Waals surface area contributed by atoms with Gasteiger partial charge in [-0.05, 0) is 18.2 Å². The van der Waals surface area contributed by atoms with Gasteiger partial charge in [0.2, 0.25) is 5.91 Å². The molecule has 0 saturated heterocycles. The van der Waals surface area contributed by atoms with Crippen LogP contribution in [0.2, 0.25) is 0 Å². The Balaban J connectivity index is 1.34. The number of benzene rings is 2. The first-order valence-electron chi connectivity index (χ1n) is 9.29. The van der Waals surface area contributed by atoms with Crippen molar-refractivity contribution in [1.82, 2.24) is 26.0 Å². The maximum atomic E-state index is 13.8. The van der Waals surface area contributed by atoms with Gasteiger partial charge < -0.3 is 4.42 Å². The van der Waals surface area contributed by atoms with Crippen LogP contribution in [0.1, 0.15) is 22.8 Å². The van der Waals surface area contributed by atoms with Crippen LogP contribution >= 0.6 is 0 Å². The maximum Gasteiger partial charge on any atom is 0.290 e. The summed E-state index contributed by atoms with van der Waals surface area (Å²) in [5, 5.41) is 6.68. The average molecular weight is 421 g/mol. The van der Waals surface area contributed by atoms with Crippen LogP contribution in [-0.4, -0.2) is 27.0 Å². The molecule has 0 saturated carbocycles. The summed E-state index contributed by atoms with van der Waals surface area (Å²) in [6.45, 7) is 0. The zero-order valence-corrected chi connectivity index (χ0v) is 16.0. The van der Waals surface area contributed by atoms with Crippen molar-refractivity contribution in [3.63, 3.8) is 0 Å². The van der Waals surface area contributed by atoms with Crippen LogP contribution < -0.4 is 16.4 Å². The predicted octanol–water partition coefficient (Wildman–Crippen LogP) is 2.11. The van der Waals surface area contributed by atoms with E-state index in [1.165, 1.54) is 12.3 Å². The smallest absolute Gasteiger partial charge is 0.290 e. The van der Waals surface area contributed by atoms with E-state index in [9.17, 15) is 18.8 Å². The lowest BCUT2D eigenvalue weighted by Crippen LogP contribution is -2.42. The highest BCUT2D eigenvalue weighted by molar-refractivity contribution is 6.05. The Hall–Kier alpha value is -4.34. The fourth-order valence-corrected chi connectivity index (χ4v) is 2.97. The van der Waals surface area contributed by atoms with E-state index in [0.717, 1.165) is 0 Å². The largest absolute Gasteiger partial charge is 0.441 e. The third kappa shape index (κ3) is 4.32. The number of aromatic amines is 1. The van der Waals surface area contributed by atoms with E-state index in [1.54, 1.807) is 42.5 Å². The molecule has 4 aromatic rings. The summed E-state index contributed by atoms with van der Waals surface area (Å²) in [7, 11) is 0. The molecule has 0 aliphatic rings. The van der Waals surface area contributed by atoms with Gasteiger partial charge in [0.05, 0.1) is 17.1 Å². The first-order chi connectivity index (χ1) is 15.0. The molecule has 4 rings (SSSR count). The fourth-order valence-electron chi connectivity index (χ4n) is 2.97. The van der Waals surface area contributed by atoms with Crippen LogP contribution in [0, 0.1) is 5.82 Å². The number of fused-ring (bicyclic) bond motifs is 1. The SMILES string of the molecule is O=C(CCc1ncc(-c2ccccc2F)o1)NNC(=O)c1n[nH]c(=O)c2ccccc12. The molecule has 2 heterocycles. The summed E-state index contributed by atoms with van der Waals surface area (Å²) in [6, 6.07) is 12.6. The normalized spacial score (nSPS) is 10.7. The molecule has 10 heteroatoms. The summed E-state index contributed by atoms with van der Waals surface area (Å²) in [4.78, 5) is 40.3. The van der Waals surface area contributed by atoms with Gasteiger partial charge >= 0.3 is 0 Å². The summed E-state index contributed by atoms with van der Waals surface area (Å²) in [6.07, 6.45) is 1.51. The van der Waals surface area contributed by atoms with Crippen molar-refractivity contribution in [2.45, 2.75) is 12.8 Å². The highest BCUT2D eigenvalue weighted by atomic mass is 19.1. The summed E-state index contributed by atoms with van der Waals surface area (Å²) >= 11 is 0. The molecule has 0 fully saturated rings. The highest BCUT2D eigenvalue weighted by Gasteiger charge is 2.15. The number of nitrogens with zero attached hydrogens (tertiary/aromatic N) is 2. The number of carbonyl (C=O) groups is 2. The second-order valence-corrected chi connectivity index (χ2v) is 6.55. The third-order valence-electron chi connectivity index (χ3n) is 4.49. The Morgan fingerprint density at radius 3 is 2.58 bits per heavy atom. The number of amides is 2. The Kier molecular flexibility index (Phi) is 5.52. The molecule has 0 radical (unpaired) electrons. The second kappa shape index (κ2) is 8.57. The zero-order valence-electron chi connectivity index (χ0n) is 16.0. The summed E-state index contributed by atoms with van der Waals surface area (Å²) in [5.41, 5.74) is 4.37. The lowest BCUT2D eigenvalue weighted by atomic mass is 10.1. The Labute approximate surface area is 174 Å². The van der Waals surface area contributed by atoms with Crippen molar-refractivity contribution in [2.75, 3.05) is 0 Å². The molecule has 0 bridgehead atoms. The van der Waals surface area contributed by atoms with Crippen molar-refractivity contribution < 1.29 is 18.4 Å². The number of aromatic nitrogens is 3. The zero-order chi connectivity index (χ0) is 21.8. The van der Waals surface area contributed by atoms with Crippen LogP contribution in [0.25, 0.3) is 22.1 Å². The molecule has 2 aromatic heterocycles. The van der Waals surface area contributed by atoms with Gasteiger partial charge in [0.25, 0.3) is 11.5 Å². The van der Waals surface area contributed by atoms with E-state index in [1.807, 2.05) is 0 Å². The van der Waals surface area contributed by atoms with Crippen molar-refractivity contribution in [2.24, 2.45) is 0 Å². The lowest BCUT2D eigenvalue weighted by molar-refractivity contribution is -0.121. The molecule has 2 aromatic carbocycles. The number of nitrogens with one attached hydrogen (secondary N) is 3. The van der Waals surface area contributed by atoms with Gasteiger partial charge in [-0.3, -0.25) is 25.2 Å². The minimum Gasteiger partial charge on any atom is -0.441 e. The molecular weight excluding hydrogens is 405 g/mol. The molecule has 0 unspecified atom stereocenters. The molecule has 0 aliphatic heterocycles. The molecule has 3 N–H and O–H groups in total. The topological polar surface area (TPSA) is 130 Å². The van der Waals surface area contributed by atoms with E-state index in [0.29, 0.717) is 10.8 Å². The van der Waals surface area contributed by atoms with Crippen LogP contribution in [0.3, 0.4) is 0 Å². The Morgan fingerprint density at radius 1 is 1.03 bits per heavy atom. The molecule has 0 aliphatic carbocycles. The first-order valence-corrected chi connectivity index (χ1v) is 9.29. The van der Waals surface area contributed by atoms with Crippen LogP contribution in [0.15, 0.2) is 63.9 Å². The van der Waals surface area contributed by atoms with Crippen molar-refractivity contribution >= 4 is 22.6 Å². The number of hydrazine groups is 1. The standard InChI is InChI=1S/C21H16FN5O4/c22-15-8-4-3-7-14(15)16-11-23-18(31-16)10-9-17(28)24-27-21(30)19-12-5-1-2-6-13(12)20(29)26-25-19/h1-8,11H,9-10H2,(H,24,28)(H,26,29)(H,27,30). The number of carbonyl (C=O) groups excluding carboxylic acids is 2. The molecule has 2 amide bonds. The number of oxazole rings is 1. The van der Waals surface area contributed by atoms with E-state index in [4.69, 9.17) is 4.42 Å². The molecule has 9 nitrogen and oxygen atoms in total. The van der Waals surface area contributed by atoms with E-state index >= 15 is 0 Å². The monoisotopic (exact) mass is 421 g/mol. The predicted molar refractivity (Wildman–Crippen MR) is 108 cm³/mol. The number of H-pyrrole nitrogens is 1. The molecule has 0 spiro atoms. The van der Waals surface area contributed by atoms with Crippen LogP contribution in [0.5, 0.6) is 0 Å². The van der Waals surface area contributed by atoms with Gasteiger partial charge in [-0.15, -0.1) is 0 Å². The first kappa shape index (κ1) is 20.0. The summed E-state index contributed by atoms with van der Waals surface area (Å²) < 4.78 is 19.3. The van der Waals surface area contributed by atoms with Gasteiger partial charge in [0.15, 0.2) is 17.3 Å². The highest BCUT2D eigenvalue weighted by Crippen LogP contribution is 2.23. The minimum atomic E-state index is -0.682. The Bertz CT molecular complexity index is 1330. The van der Waals surface area contributed by atoms with Crippen molar-refractivity contribution in [1.29, 1.82) is 0 Å². The number of rotatable bonds is 5. The maximum absolute atomic E-state index is 13.8. The van der Waals surface area contributed by atoms with E-state index in [-0.39, 0.29) is 35.7 Å². The number of aryl methyl sites for hydroxylation is 1. The van der Waals surface area contributed by atoms with E-state index < -0.39 is 23.2 Å². The fraction of sp³-hybridized carbons (Fsp3) is 0.0952. The van der Waals surface area contributed by atoms with Gasteiger partial charge in [0.1, 0.15) is 5.82 Å². The van der Waals surface area contributed by atoms with Gasteiger partial charge in [0, 0.05) is 18.2 Å². The van der Waals surface area contributed by atoms with Crippen molar-refractivity contribution in [3.8, 4) is 11.3 Å². The number of hydrogen-bond acceptors (Lipinski definition) is 6. The van der Waals surface area contributed by atoms with Gasteiger partial charge in [-0.1, -0.05) is 30.3 Å². The van der Waals surface area contributed by atoms with Crippen LogP contribution in [-0.2, 0) is 11.2 Å². The molecule has 31 heavy (non-hydrogen) atoms. The lowest BCUT2D eigenvalue weighted by Gasteiger charge is -2.07. The minimum absolute atomic E-state index is 0.0299. The third-order valence-corrected chi connectivity index (χ3v) is 4.49. The number of hydrogen-bond donors (Lipinski definition) is 3. The second-order valence-electron chi connectivity index (χ2n) is 6.55. The quantitative estimate of drug-likeness (QED) is 0.423. The number of halogens is 1. The van der Waals surface area contributed by atoms with Crippen molar-refractivity contribution in [3.05, 3.63) is 82.5 Å². The Morgan fingerprint density at radius 2 is 1.77 bits per heavy atom. The molecule has 156 valence electrons. The average Bonchev–Trinajstić information content (AvgIpc) is 3.25.